The number of rotatable bonds is 7. The summed E-state index contributed by atoms with van der Waals surface area (Å²) in [5, 5.41) is 2.63. The maximum Gasteiger partial charge on any atom is 0.264 e. The summed E-state index contributed by atoms with van der Waals surface area (Å²) in [5.74, 6) is -0.984. The number of carbonyl (C=O) groups excluding carboxylic acids is 2. The lowest BCUT2D eigenvalue weighted by Crippen LogP contribution is -2.48. The first-order valence-corrected chi connectivity index (χ1v) is 10.8. The maximum atomic E-state index is 12.4. The fourth-order valence-corrected chi connectivity index (χ4v) is 4.22. The average Bonchev–Trinajstić information content (AvgIpc) is 2.62. The molecule has 0 bridgehead atoms. The number of sulfonamides is 1. The molecule has 26 heavy (non-hydrogen) atoms. The van der Waals surface area contributed by atoms with Crippen molar-refractivity contribution >= 4 is 21.8 Å². The van der Waals surface area contributed by atoms with Gasteiger partial charge in [-0.2, -0.15) is 0 Å². The zero-order chi connectivity index (χ0) is 19.2. The Bertz CT molecular complexity index is 722. The SMILES string of the molecule is CCCc1ccc(S(=O)(=O)NC(=O)C(C)NC(=O)C2CCCCC2)cc1. The largest absolute Gasteiger partial charge is 0.344 e. The van der Waals surface area contributed by atoms with Crippen LogP contribution < -0.4 is 10.0 Å². The van der Waals surface area contributed by atoms with E-state index in [1.54, 1.807) is 12.1 Å². The molecule has 1 saturated carbocycles. The highest BCUT2D eigenvalue weighted by atomic mass is 32.2. The molecule has 7 heteroatoms. The standard InChI is InChI=1S/C19H28N2O4S/c1-3-7-15-10-12-17(13-11-15)26(24,25)21-18(22)14(2)20-19(23)16-8-5-4-6-9-16/h10-14,16H,3-9H2,1-2H3,(H,20,23)(H,21,22). The van der Waals surface area contributed by atoms with E-state index in [1.165, 1.54) is 19.1 Å². The van der Waals surface area contributed by atoms with Crippen molar-refractivity contribution in [3.63, 3.8) is 0 Å². The van der Waals surface area contributed by atoms with Crippen molar-refractivity contribution < 1.29 is 18.0 Å². The van der Waals surface area contributed by atoms with Crippen molar-refractivity contribution in [3.8, 4) is 0 Å². The molecule has 2 rings (SSSR count). The van der Waals surface area contributed by atoms with E-state index in [4.69, 9.17) is 0 Å². The minimum absolute atomic E-state index is 0.0384. The summed E-state index contributed by atoms with van der Waals surface area (Å²) in [5.41, 5.74) is 1.05. The van der Waals surface area contributed by atoms with Crippen LogP contribution in [0.2, 0.25) is 0 Å². The number of aryl methyl sites for hydroxylation is 1. The van der Waals surface area contributed by atoms with E-state index < -0.39 is 22.0 Å². The Kier molecular flexibility index (Phi) is 7.20. The highest BCUT2D eigenvalue weighted by Crippen LogP contribution is 2.23. The van der Waals surface area contributed by atoms with Gasteiger partial charge in [-0.25, -0.2) is 13.1 Å². The zero-order valence-electron chi connectivity index (χ0n) is 15.5. The van der Waals surface area contributed by atoms with Crippen molar-refractivity contribution in [2.75, 3.05) is 0 Å². The highest BCUT2D eigenvalue weighted by Gasteiger charge is 2.26. The average molecular weight is 381 g/mol. The maximum absolute atomic E-state index is 12.4. The second-order valence-corrected chi connectivity index (χ2v) is 8.61. The van der Waals surface area contributed by atoms with Gasteiger partial charge in [-0.05, 0) is 43.9 Å². The van der Waals surface area contributed by atoms with Crippen molar-refractivity contribution in [2.45, 2.75) is 69.7 Å². The monoisotopic (exact) mass is 380 g/mol. The molecular formula is C19H28N2O4S. The highest BCUT2D eigenvalue weighted by molar-refractivity contribution is 7.90. The first-order valence-electron chi connectivity index (χ1n) is 9.29. The molecule has 1 aliphatic carbocycles. The zero-order valence-corrected chi connectivity index (χ0v) is 16.3. The molecule has 1 fully saturated rings. The molecule has 0 aromatic heterocycles. The quantitative estimate of drug-likeness (QED) is 0.760. The normalized spacial score (nSPS) is 16.7. The van der Waals surface area contributed by atoms with Crippen LogP contribution in [0, 0.1) is 5.92 Å². The molecule has 1 aromatic carbocycles. The van der Waals surface area contributed by atoms with Gasteiger partial charge in [0.25, 0.3) is 15.9 Å². The summed E-state index contributed by atoms with van der Waals surface area (Å²) in [6, 6.07) is 5.57. The fraction of sp³-hybridized carbons (Fsp3) is 0.579. The summed E-state index contributed by atoms with van der Waals surface area (Å²) in [6.45, 7) is 3.55. The fourth-order valence-electron chi connectivity index (χ4n) is 3.17. The van der Waals surface area contributed by atoms with E-state index in [2.05, 4.69) is 10.0 Å². The number of carbonyl (C=O) groups is 2. The molecule has 0 saturated heterocycles. The predicted molar refractivity (Wildman–Crippen MR) is 99.9 cm³/mol. The molecular weight excluding hydrogens is 352 g/mol. The molecule has 1 unspecified atom stereocenters. The molecule has 144 valence electrons. The lowest BCUT2D eigenvalue weighted by Gasteiger charge is -2.22. The summed E-state index contributed by atoms with van der Waals surface area (Å²) in [7, 11) is -3.95. The number of benzene rings is 1. The smallest absolute Gasteiger partial charge is 0.264 e. The number of amides is 2. The molecule has 0 radical (unpaired) electrons. The van der Waals surface area contributed by atoms with Crippen molar-refractivity contribution in [1.29, 1.82) is 0 Å². The third-order valence-corrected chi connectivity index (χ3v) is 6.10. The Hall–Kier alpha value is -1.89. The number of nitrogens with one attached hydrogen (secondary N) is 2. The molecule has 2 N–H and O–H groups in total. The minimum Gasteiger partial charge on any atom is -0.344 e. The third-order valence-electron chi connectivity index (χ3n) is 4.74. The first-order chi connectivity index (χ1) is 12.3. The van der Waals surface area contributed by atoms with Crippen LogP contribution >= 0.6 is 0 Å². The van der Waals surface area contributed by atoms with Crippen LogP contribution in [-0.4, -0.2) is 26.3 Å². The summed E-state index contributed by atoms with van der Waals surface area (Å²) in [6.07, 6.45) is 6.65. The number of hydrogen-bond acceptors (Lipinski definition) is 4. The Balaban J connectivity index is 1.94. The van der Waals surface area contributed by atoms with Gasteiger partial charge < -0.3 is 5.32 Å². The molecule has 1 aliphatic rings. The molecule has 2 amide bonds. The molecule has 0 heterocycles. The molecule has 0 spiro atoms. The van der Waals surface area contributed by atoms with E-state index in [9.17, 15) is 18.0 Å². The predicted octanol–water partition coefficient (Wildman–Crippen LogP) is 2.53. The van der Waals surface area contributed by atoms with Gasteiger partial charge in [0, 0.05) is 5.92 Å². The van der Waals surface area contributed by atoms with Gasteiger partial charge in [-0.15, -0.1) is 0 Å². The summed E-state index contributed by atoms with van der Waals surface area (Å²) < 4.78 is 26.8. The molecule has 0 aliphatic heterocycles. The van der Waals surface area contributed by atoms with Gasteiger partial charge in [0.1, 0.15) is 6.04 Å². The lowest BCUT2D eigenvalue weighted by molar-refractivity contribution is -0.130. The van der Waals surface area contributed by atoms with Crippen LogP contribution in [0.4, 0.5) is 0 Å². The first kappa shape index (κ1) is 20.4. The van der Waals surface area contributed by atoms with Crippen molar-refractivity contribution in [2.24, 2.45) is 5.92 Å². The Labute approximate surface area is 155 Å². The lowest BCUT2D eigenvalue weighted by atomic mass is 9.88. The van der Waals surface area contributed by atoms with E-state index in [1.807, 2.05) is 6.92 Å². The van der Waals surface area contributed by atoms with E-state index in [-0.39, 0.29) is 16.7 Å². The molecule has 1 atom stereocenters. The van der Waals surface area contributed by atoms with Gasteiger partial charge >= 0.3 is 0 Å². The van der Waals surface area contributed by atoms with Crippen molar-refractivity contribution in [1.82, 2.24) is 10.0 Å². The van der Waals surface area contributed by atoms with Gasteiger partial charge in [0.15, 0.2) is 0 Å². The Morgan fingerprint density at radius 2 is 1.73 bits per heavy atom. The Morgan fingerprint density at radius 3 is 2.31 bits per heavy atom. The third kappa shape index (κ3) is 5.56. The van der Waals surface area contributed by atoms with E-state index in [0.717, 1.165) is 50.5 Å². The van der Waals surface area contributed by atoms with Crippen molar-refractivity contribution in [3.05, 3.63) is 29.8 Å². The van der Waals surface area contributed by atoms with Gasteiger partial charge in [0.2, 0.25) is 5.91 Å². The Morgan fingerprint density at radius 1 is 1.12 bits per heavy atom. The summed E-state index contributed by atoms with van der Waals surface area (Å²) in [4.78, 5) is 24.5. The van der Waals surface area contributed by atoms with Crippen LogP contribution in [0.5, 0.6) is 0 Å². The van der Waals surface area contributed by atoms with Crippen LogP contribution in [0.1, 0.15) is 57.9 Å². The second-order valence-electron chi connectivity index (χ2n) is 6.93. The number of hydrogen-bond donors (Lipinski definition) is 2. The van der Waals surface area contributed by atoms with Crippen LogP contribution in [0.3, 0.4) is 0 Å². The van der Waals surface area contributed by atoms with Gasteiger partial charge in [-0.1, -0.05) is 44.7 Å². The topological polar surface area (TPSA) is 92.3 Å². The van der Waals surface area contributed by atoms with Crippen LogP contribution in [0.25, 0.3) is 0 Å². The second kappa shape index (κ2) is 9.16. The summed E-state index contributed by atoms with van der Waals surface area (Å²) >= 11 is 0. The van der Waals surface area contributed by atoms with Crippen LogP contribution in [0.15, 0.2) is 29.2 Å². The molecule has 1 aromatic rings. The van der Waals surface area contributed by atoms with Crippen LogP contribution in [-0.2, 0) is 26.0 Å². The minimum atomic E-state index is -3.95. The van der Waals surface area contributed by atoms with E-state index in [0.29, 0.717) is 0 Å². The van der Waals surface area contributed by atoms with Gasteiger partial charge in [0.05, 0.1) is 4.90 Å². The molecule has 6 nitrogen and oxygen atoms in total. The van der Waals surface area contributed by atoms with E-state index >= 15 is 0 Å². The van der Waals surface area contributed by atoms with Gasteiger partial charge in [-0.3, -0.25) is 9.59 Å².